The molecule has 0 radical (unpaired) electrons. The number of nitrogens with one attached hydrogen (secondary N) is 1. The molecular weight excluding hydrogens is 192 g/mol. The van der Waals surface area contributed by atoms with Gasteiger partial charge >= 0.3 is 0 Å². The average Bonchev–Trinajstić information content (AvgIpc) is 2.22. The summed E-state index contributed by atoms with van der Waals surface area (Å²) in [7, 11) is 1.70. The lowest BCUT2D eigenvalue weighted by molar-refractivity contribution is 0.128. The van der Waals surface area contributed by atoms with E-state index in [9.17, 15) is 0 Å². The number of aliphatic hydroxyl groups is 1. The van der Waals surface area contributed by atoms with Gasteiger partial charge in [0, 0.05) is 31.7 Å². The van der Waals surface area contributed by atoms with Crippen LogP contribution < -0.4 is 11.1 Å². The van der Waals surface area contributed by atoms with Crippen molar-refractivity contribution in [3.63, 3.8) is 0 Å². The zero-order chi connectivity index (χ0) is 11.7. The number of hydrogen-bond donors (Lipinski definition) is 3. The van der Waals surface area contributed by atoms with Crippen molar-refractivity contribution < 1.29 is 9.84 Å². The first-order valence-corrected chi connectivity index (χ1v) is 5.59. The van der Waals surface area contributed by atoms with Crippen molar-refractivity contribution in [2.24, 2.45) is 11.1 Å². The van der Waals surface area contributed by atoms with Gasteiger partial charge in [-0.2, -0.15) is 0 Å². The minimum Gasteiger partial charge on any atom is -0.396 e. The Balaban J connectivity index is 3.83. The zero-order valence-corrected chi connectivity index (χ0v) is 10.3. The van der Waals surface area contributed by atoms with Gasteiger partial charge in [-0.25, -0.2) is 0 Å². The number of aliphatic hydroxyl groups excluding tert-OH is 1. The van der Waals surface area contributed by atoms with E-state index in [-0.39, 0.29) is 12.0 Å². The molecule has 4 N–H and O–H groups in total. The van der Waals surface area contributed by atoms with Gasteiger partial charge < -0.3 is 20.9 Å². The van der Waals surface area contributed by atoms with E-state index in [0.717, 1.165) is 19.4 Å². The second-order valence-corrected chi connectivity index (χ2v) is 4.79. The highest BCUT2D eigenvalue weighted by atomic mass is 16.5. The molecule has 1 unspecified atom stereocenters. The van der Waals surface area contributed by atoms with Crippen LogP contribution in [0.4, 0.5) is 0 Å². The van der Waals surface area contributed by atoms with Gasteiger partial charge in [0.2, 0.25) is 0 Å². The smallest absolute Gasteiger partial charge is 0.0615 e. The fraction of sp³-hybridized carbons (Fsp3) is 1.00. The molecule has 0 aliphatic carbocycles. The third kappa shape index (κ3) is 7.73. The number of methoxy groups -OCH3 is 1. The molecule has 0 spiro atoms. The fourth-order valence-corrected chi connectivity index (χ4v) is 1.29. The van der Waals surface area contributed by atoms with Crippen LogP contribution in [0.5, 0.6) is 0 Å². The Morgan fingerprint density at radius 3 is 2.60 bits per heavy atom. The van der Waals surface area contributed by atoms with E-state index < -0.39 is 0 Å². The van der Waals surface area contributed by atoms with Crippen molar-refractivity contribution in [3.8, 4) is 0 Å². The van der Waals surface area contributed by atoms with E-state index in [1.807, 2.05) is 13.8 Å². The number of nitrogens with two attached hydrogens (primary N) is 1. The van der Waals surface area contributed by atoms with Gasteiger partial charge in [-0.05, 0) is 19.4 Å². The highest BCUT2D eigenvalue weighted by molar-refractivity contribution is 4.74. The Labute approximate surface area is 93.2 Å². The van der Waals surface area contributed by atoms with Crippen LogP contribution in [-0.4, -0.2) is 44.6 Å². The molecule has 0 saturated carbocycles. The summed E-state index contributed by atoms with van der Waals surface area (Å²) in [6.07, 6.45) is 2.02. The van der Waals surface area contributed by atoms with Crippen LogP contribution in [-0.2, 0) is 4.74 Å². The molecule has 0 amide bonds. The molecule has 0 fully saturated rings. The van der Waals surface area contributed by atoms with Crippen molar-refractivity contribution in [2.45, 2.75) is 32.7 Å². The van der Waals surface area contributed by atoms with Crippen molar-refractivity contribution in [1.82, 2.24) is 5.32 Å². The Morgan fingerprint density at radius 2 is 2.13 bits per heavy atom. The first-order chi connectivity index (χ1) is 7.05. The van der Waals surface area contributed by atoms with E-state index in [1.54, 1.807) is 7.11 Å². The van der Waals surface area contributed by atoms with Gasteiger partial charge in [0.25, 0.3) is 0 Å². The molecule has 0 heterocycles. The highest BCUT2D eigenvalue weighted by Gasteiger charge is 2.18. The number of hydrogen-bond acceptors (Lipinski definition) is 4. The lowest BCUT2D eigenvalue weighted by Gasteiger charge is -2.26. The van der Waals surface area contributed by atoms with E-state index in [1.165, 1.54) is 0 Å². The molecular formula is C11H26N2O2. The lowest BCUT2D eigenvalue weighted by atomic mass is 9.94. The quantitative estimate of drug-likeness (QED) is 0.522. The highest BCUT2D eigenvalue weighted by Crippen LogP contribution is 2.12. The maximum atomic E-state index is 9.12. The van der Waals surface area contributed by atoms with Gasteiger partial charge in [0.1, 0.15) is 0 Å². The monoisotopic (exact) mass is 218 g/mol. The molecule has 0 aromatic carbocycles. The third-order valence-corrected chi connectivity index (χ3v) is 2.42. The normalized spacial score (nSPS) is 14.2. The van der Waals surface area contributed by atoms with Crippen LogP contribution in [0.2, 0.25) is 0 Å². The first-order valence-electron chi connectivity index (χ1n) is 5.59. The van der Waals surface area contributed by atoms with Crippen molar-refractivity contribution >= 4 is 0 Å². The minimum atomic E-state index is -0.0747. The van der Waals surface area contributed by atoms with Gasteiger partial charge in [-0.15, -0.1) is 0 Å². The summed E-state index contributed by atoms with van der Waals surface area (Å²) in [5.74, 6) is 0. The van der Waals surface area contributed by atoms with Crippen LogP contribution in [0.1, 0.15) is 26.7 Å². The molecule has 0 aliphatic heterocycles. The molecule has 1 atom stereocenters. The summed E-state index contributed by atoms with van der Waals surface area (Å²) in [5, 5.41) is 12.5. The van der Waals surface area contributed by atoms with E-state index >= 15 is 0 Å². The minimum absolute atomic E-state index is 0.0747. The average molecular weight is 218 g/mol. The first kappa shape index (κ1) is 14.8. The topological polar surface area (TPSA) is 67.5 Å². The van der Waals surface area contributed by atoms with Crippen LogP contribution in [0, 0.1) is 5.41 Å². The summed E-state index contributed by atoms with van der Waals surface area (Å²) in [4.78, 5) is 0. The largest absolute Gasteiger partial charge is 0.396 e. The Hall–Kier alpha value is -0.160. The maximum absolute atomic E-state index is 9.12. The molecule has 0 bridgehead atoms. The maximum Gasteiger partial charge on any atom is 0.0615 e. The molecule has 92 valence electrons. The second kappa shape index (κ2) is 8.05. The fourth-order valence-electron chi connectivity index (χ4n) is 1.29. The number of rotatable bonds is 9. The Kier molecular flexibility index (Phi) is 7.96. The molecule has 0 aromatic rings. The van der Waals surface area contributed by atoms with Gasteiger partial charge in [-0.1, -0.05) is 13.8 Å². The standard InChI is InChI=1S/C11H26N2O2/c1-11(2,9-14)8-13-10(7-15-3)5-4-6-12/h10,13-14H,4-9,12H2,1-3H3. The summed E-state index contributed by atoms with van der Waals surface area (Å²) in [6, 6.07) is 0.337. The summed E-state index contributed by atoms with van der Waals surface area (Å²) < 4.78 is 5.13. The third-order valence-electron chi connectivity index (χ3n) is 2.42. The van der Waals surface area contributed by atoms with Crippen LogP contribution in [0.15, 0.2) is 0 Å². The predicted octanol–water partition coefficient (Wildman–Crippen LogP) is 0.348. The predicted molar refractivity (Wildman–Crippen MR) is 62.8 cm³/mol. The van der Waals surface area contributed by atoms with Crippen molar-refractivity contribution in [1.29, 1.82) is 0 Å². The van der Waals surface area contributed by atoms with Crippen LogP contribution >= 0.6 is 0 Å². The molecule has 0 rings (SSSR count). The molecule has 0 aliphatic rings. The molecule has 0 aromatic heterocycles. The zero-order valence-electron chi connectivity index (χ0n) is 10.3. The van der Waals surface area contributed by atoms with E-state index in [2.05, 4.69) is 5.32 Å². The summed E-state index contributed by atoms with van der Waals surface area (Å²) in [6.45, 7) is 6.46. The van der Waals surface area contributed by atoms with Gasteiger partial charge in [0.05, 0.1) is 6.61 Å². The molecule has 4 heteroatoms. The number of ether oxygens (including phenoxy) is 1. The molecule has 4 nitrogen and oxygen atoms in total. The summed E-state index contributed by atoms with van der Waals surface area (Å²) >= 11 is 0. The lowest BCUT2D eigenvalue weighted by Crippen LogP contribution is -2.41. The van der Waals surface area contributed by atoms with Crippen molar-refractivity contribution in [2.75, 3.05) is 33.4 Å². The van der Waals surface area contributed by atoms with Crippen LogP contribution in [0.3, 0.4) is 0 Å². The Bertz CT molecular complexity index is 152. The van der Waals surface area contributed by atoms with E-state index in [0.29, 0.717) is 19.2 Å². The molecule has 15 heavy (non-hydrogen) atoms. The SMILES string of the molecule is COCC(CCCN)NCC(C)(C)CO. The molecule has 0 saturated heterocycles. The van der Waals surface area contributed by atoms with Gasteiger partial charge in [-0.3, -0.25) is 0 Å². The Morgan fingerprint density at radius 1 is 1.47 bits per heavy atom. The van der Waals surface area contributed by atoms with Gasteiger partial charge in [0.15, 0.2) is 0 Å². The summed E-state index contributed by atoms with van der Waals surface area (Å²) in [5.41, 5.74) is 5.40. The van der Waals surface area contributed by atoms with E-state index in [4.69, 9.17) is 15.6 Å². The second-order valence-electron chi connectivity index (χ2n) is 4.79. The van der Waals surface area contributed by atoms with Crippen molar-refractivity contribution in [3.05, 3.63) is 0 Å². The van der Waals surface area contributed by atoms with Crippen LogP contribution in [0.25, 0.3) is 0 Å².